The maximum atomic E-state index is 13.1. The van der Waals surface area contributed by atoms with Gasteiger partial charge in [0.05, 0.1) is 25.4 Å². The van der Waals surface area contributed by atoms with E-state index >= 15 is 0 Å². The Morgan fingerprint density at radius 3 is 2.70 bits per heavy atom. The topological polar surface area (TPSA) is 56.4 Å². The number of amides is 1. The van der Waals surface area contributed by atoms with Crippen LogP contribution in [0.15, 0.2) is 71.3 Å². The number of hydrogen-bond acceptors (Lipinski definition) is 3. The average molecular weight is 364 g/mol. The van der Waals surface area contributed by atoms with Crippen LogP contribution in [0.2, 0.25) is 0 Å². The number of furan rings is 1. The summed E-state index contributed by atoms with van der Waals surface area (Å²) in [6.45, 7) is 0.444. The molecule has 0 saturated carbocycles. The minimum atomic E-state index is -0.356. The van der Waals surface area contributed by atoms with Crippen molar-refractivity contribution in [2.75, 3.05) is 12.4 Å². The Hall–Kier alpha value is -3.54. The summed E-state index contributed by atoms with van der Waals surface area (Å²) in [5.74, 6) is 0.0840. The molecule has 2 heterocycles. The molecule has 5 nitrogen and oxygen atoms in total. The van der Waals surface area contributed by atoms with Crippen LogP contribution in [0, 0.1) is 5.82 Å². The van der Waals surface area contributed by atoms with Gasteiger partial charge in [-0.25, -0.2) is 4.39 Å². The van der Waals surface area contributed by atoms with Crippen molar-refractivity contribution in [2.24, 2.45) is 0 Å². The molecule has 2 aromatic carbocycles. The second-order valence-corrected chi connectivity index (χ2v) is 6.06. The molecule has 0 aliphatic rings. The summed E-state index contributed by atoms with van der Waals surface area (Å²) in [7, 11) is 1.62. The van der Waals surface area contributed by atoms with Gasteiger partial charge in [-0.15, -0.1) is 0 Å². The molecule has 0 saturated heterocycles. The zero-order chi connectivity index (χ0) is 18.8. The van der Waals surface area contributed by atoms with Crippen molar-refractivity contribution in [2.45, 2.75) is 6.54 Å². The lowest BCUT2D eigenvalue weighted by molar-refractivity contribution is 0.101. The summed E-state index contributed by atoms with van der Waals surface area (Å²) in [6, 6.07) is 16.8. The first-order valence-electron chi connectivity index (χ1n) is 8.41. The van der Waals surface area contributed by atoms with Gasteiger partial charge in [-0.05, 0) is 30.3 Å². The Morgan fingerprint density at radius 1 is 1.15 bits per heavy atom. The first-order valence-corrected chi connectivity index (χ1v) is 8.41. The second-order valence-electron chi connectivity index (χ2n) is 6.06. The van der Waals surface area contributed by atoms with E-state index in [-0.39, 0.29) is 11.7 Å². The predicted octanol–water partition coefficient (Wildman–Crippen LogP) is 4.68. The van der Waals surface area contributed by atoms with Crippen LogP contribution in [0.4, 0.5) is 10.1 Å². The maximum Gasteiger partial charge on any atom is 0.272 e. The highest BCUT2D eigenvalue weighted by atomic mass is 19.1. The predicted molar refractivity (Wildman–Crippen MR) is 101 cm³/mol. The zero-order valence-electron chi connectivity index (χ0n) is 14.6. The highest BCUT2D eigenvalue weighted by Crippen LogP contribution is 2.26. The van der Waals surface area contributed by atoms with E-state index in [1.165, 1.54) is 24.3 Å². The number of hydrogen-bond donors (Lipinski definition) is 1. The minimum Gasteiger partial charge on any atom is -0.496 e. The zero-order valence-corrected chi connectivity index (χ0v) is 14.6. The molecule has 0 aliphatic carbocycles. The van der Waals surface area contributed by atoms with E-state index in [0.29, 0.717) is 23.5 Å². The molecule has 4 aromatic rings. The van der Waals surface area contributed by atoms with Gasteiger partial charge < -0.3 is 19.0 Å². The molecule has 0 bridgehead atoms. The van der Waals surface area contributed by atoms with Gasteiger partial charge in [-0.2, -0.15) is 0 Å². The van der Waals surface area contributed by atoms with Gasteiger partial charge in [0.2, 0.25) is 0 Å². The lowest BCUT2D eigenvalue weighted by Gasteiger charge is -2.13. The molecular weight excluding hydrogens is 347 g/mol. The highest BCUT2D eigenvalue weighted by Gasteiger charge is 2.19. The third kappa shape index (κ3) is 3.29. The normalized spacial score (nSPS) is 10.9. The molecule has 0 unspecified atom stereocenters. The van der Waals surface area contributed by atoms with E-state index < -0.39 is 0 Å². The number of carbonyl (C=O) groups is 1. The van der Waals surface area contributed by atoms with Crippen molar-refractivity contribution < 1.29 is 18.3 Å². The average Bonchev–Trinajstić information content (AvgIpc) is 3.27. The third-order valence-electron chi connectivity index (χ3n) is 4.38. The SMILES string of the molecule is COc1ccccc1Cn1c(C(=O)Nc2ccc(F)cc2)cc2occc21. The van der Waals surface area contributed by atoms with Crippen molar-refractivity contribution in [1.82, 2.24) is 4.57 Å². The molecule has 2 aromatic heterocycles. The number of aromatic nitrogens is 1. The molecule has 0 fully saturated rings. The first kappa shape index (κ1) is 16.9. The number of methoxy groups -OCH3 is 1. The lowest BCUT2D eigenvalue weighted by atomic mass is 10.2. The monoisotopic (exact) mass is 364 g/mol. The quantitative estimate of drug-likeness (QED) is 0.559. The molecule has 0 spiro atoms. The summed E-state index contributed by atoms with van der Waals surface area (Å²) in [4.78, 5) is 12.8. The van der Waals surface area contributed by atoms with Crippen molar-refractivity contribution in [3.8, 4) is 5.75 Å². The van der Waals surface area contributed by atoms with Gasteiger partial charge in [-0.1, -0.05) is 18.2 Å². The molecule has 1 amide bonds. The van der Waals surface area contributed by atoms with Gasteiger partial charge in [0.25, 0.3) is 5.91 Å². The summed E-state index contributed by atoms with van der Waals surface area (Å²) in [6.07, 6.45) is 1.59. The van der Waals surface area contributed by atoms with Crippen molar-refractivity contribution >= 4 is 22.7 Å². The number of carbonyl (C=O) groups excluding carboxylic acids is 1. The van der Waals surface area contributed by atoms with E-state index in [0.717, 1.165) is 16.8 Å². The van der Waals surface area contributed by atoms with Crippen LogP contribution in [0.1, 0.15) is 16.1 Å². The number of benzene rings is 2. The number of para-hydroxylation sites is 1. The van der Waals surface area contributed by atoms with Crippen LogP contribution >= 0.6 is 0 Å². The Kier molecular flexibility index (Phi) is 4.38. The fraction of sp³-hybridized carbons (Fsp3) is 0.0952. The largest absolute Gasteiger partial charge is 0.496 e. The first-order chi connectivity index (χ1) is 13.2. The molecule has 0 atom stereocenters. The van der Waals surface area contributed by atoms with E-state index in [2.05, 4.69) is 5.32 Å². The van der Waals surface area contributed by atoms with E-state index in [1.54, 1.807) is 19.4 Å². The molecule has 6 heteroatoms. The second kappa shape index (κ2) is 6.99. The molecule has 4 rings (SSSR count). The number of halogens is 1. The number of anilines is 1. The number of fused-ring (bicyclic) bond motifs is 1. The molecule has 1 N–H and O–H groups in total. The number of nitrogens with one attached hydrogen (secondary N) is 1. The van der Waals surface area contributed by atoms with Gasteiger partial charge in [0.1, 0.15) is 17.3 Å². The Labute approximate surface area is 155 Å². The Bertz CT molecular complexity index is 1100. The van der Waals surface area contributed by atoms with Crippen LogP contribution in [-0.4, -0.2) is 17.6 Å². The van der Waals surface area contributed by atoms with E-state index in [4.69, 9.17) is 9.15 Å². The molecule has 0 aliphatic heterocycles. The number of rotatable bonds is 5. The molecule has 0 radical (unpaired) electrons. The van der Waals surface area contributed by atoms with Crippen LogP contribution in [0.3, 0.4) is 0 Å². The van der Waals surface area contributed by atoms with Gasteiger partial charge in [0.15, 0.2) is 5.58 Å². The number of nitrogens with zero attached hydrogens (tertiary/aromatic N) is 1. The summed E-state index contributed by atoms with van der Waals surface area (Å²) < 4.78 is 25.8. The van der Waals surface area contributed by atoms with Gasteiger partial charge in [0, 0.05) is 23.4 Å². The number of ether oxygens (including phenoxy) is 1. The van der Waals surface area contributed by atoms with Gasteiger partial charge >= 0.3 is 0 Å². The van der Waals surface area contributed by atoms with Crippen molar-refractivity contribution in [1.29, 1.82) is 0 Å². The van der Waals surface area contributed by atoms with Crippen molar-refractivity contribution in [3.05, 3.63) is 84.0 Å². The van der Waals surface area contributed by atoms with Crippen molar-refractivity contribution in [3.63, 3.8) is 0 Å². The fourth-order valence-corrected chi connectivity index (χ4v) is 3.07. The Balaban J connectivity index is 1.70. The summed E-state index contributed by atoms with van der Waals surface area (Å²) in [5.41, 5.74) is 3.33. The van der Waals surface area contributed by atoms with E-state index in [9.17, 15) is 9.18 Å². The van der Waals surface area contributed by atoms with Crippen LogP contribution < -0.4 is 10.1 Å². The standard InChI is InChI=1S/C21H17FN2O3/c1-26-19-5-3-2-4-14(19)13-24-17-10-11-27-20(17)12-18(24)21(25)23-16-8-6-15(22)7-9-16/h2-12H,13H2,1H3,(H,23,25). The molecule has 136 valence electrons. The fourth-order valence-electron chi connectivity index (χ4n) is 3.07. The van der Waals surface area contributed by atoms with Crippen LogP contribution in [-0.2, 0) is 6.54 Å². The minimum absolute atomic E-state index is 0.303. The van der Waals surface area contributed by atoms with Crippen LogP contribution in [0.5, 0.6) is 5.75 Å². The Morgan fingerprint density at radius 2 is 1.93 bits per heavy atom. The molecule has 27 heavy (non-hydrogen) atoms. The third-order valence-corrected chi connectivity index (χ3v) is 4.38. The van der Waals surface area contributed by atoms with Crippen LogP contribution in [0.25, 0.3) is 11.1 Å². The van der Waals surface area contributed by atoms with Gasteiger partial charge in [-0.3, -0.25) is 4.79 Å². The lowest BCUT2D eigenvalue weighted by Crippen LogP contribution is -2.17. The smallest absolute Gasteiger partial charge is 0.272 e. The molecular formula is C21H17FN2O3. The summed E-state index contributed by atoms with van der Waals surface area (Å²) >= 11 is 0. The summed E-state index contributed by atoms with van der Waals surface area (Å²) in [5, 5.41) is 2.79. The maximum absolute atomic E-state index is 13.1. The highest BCUT2D eigenvalue weighted by molar-refractivity contribution is 6.05. The van der Waals surface area contributed by atoms with E-state index in [1.807, 2.05) is 34.9 Å².